The molecule has 4 nitrogen and oxygen atoms in total. The Balaban J connectivity index is 1.54. The van der Waals surface area contributed by atoms with E-state index in [9.17, 15) is 4.79 Å². The molecule has 1 saturated carbocycles. The van der Waals surface area contributed by atoms with Gasteiger partial charge < -0.3 is 5.32 Å². The van der Waals surface area contributed by atoms with E-state index in [2.05, 4.69) is 15.2 Å². The number of rotatable bonds is 9. The number of alkyl halides is 1. The Morgan fingerprint density at radius 3 is 3.00 bits per heavy atom. The van der Waals surface area contributed by atoms with Crippen molar-refractivity contribution in [2.45, 2.75) is 44.0 Å². The Morgan fingerprint density at radius 2 is 2.35 bits per heavy atom. The summed E-state index contributed by atoms with van der Waals surface area (Å²) in [6, 6.07) is 0.455. The smallest absolute Gasteiger partial charge is 0.234 e. The number of aryl methyl sites for hydroxylation is 1. The summed E-state index contributed by atoms with van der Waals surface area (Å²) in [6.45, 7) is 1.45. The molecule has 1 aliphatic carbocycles. The van der Waals surface area contributed by atoms with Crippen LogP contribution in [0.2, 0.25) is 0 Å². The summed E-state index contributed by atoms with van der Waals surface area (Å²) >= 11 is 7.42. The number of amides is 1. The summed E-state index contributed by atoms with van der Waals surface area (Å²) in [6.07, 6.45) is 5.48. The minimum absolute atomic E-state index is 0.154. The van der Waals surface area contributed by atoms with Crippen LogP contribution in [-0.2, 0) is 17.1 Å². The molecule has 1 heterocycles. The van der Waals surface area contributed by atoms with E-state index >= 15 is 0 Å². The number of nitrogens with one attached hydrogen (secondary N) is 1. The second-order valence-corrected chi connectivity index (χ2v) is 6.61. The molecule has 1 aliphatic rings. The zero-order chi connectivity index (χ0) is 14.4. The van der Waals surface area contributed by atoms with E-state index < -0.39 is 0 Å². The molecular weight excluding hydrogens is 294 g/mol. The molecule has 1 fully saturated rings. The fourth-order valence-electron chi connectivity index (χ4n) is 2.01. The second-order valence-electron chi connectivity index (χ2n) is 5.40. The lowest BCUT2D eigenvalue weighted by Crippen LogP contribution is -2.36. The number of carbonyl (C=O) groups is 1. The van der Waals surface area contributed by atoms with Gasteiger partial charge in [0.1, 0.15) is 0 Å². The van der Waals surface area contributed by atoms with Gasteiger partial charge in [0.05, 0.1) is 23.1 Å². The number of halogens is 1. The van der Waals surface area contributed by atoms with E-state index in [1.165, 1.54) is 0 Å². The van der Waals surface area contributed by atoms with Crippen molar-refractivity contribution in [3.8, 4) is 0 Å². The Labute approximate surface area is 129 Å². The zero-order valence-electron chi connectivity index (χ0n) is 11.9. The van der Waals surface area contributed by atoms with Gasteiger partial charge in [-0.05, 0) is 45.7 Å². The van der Waals surface area contributed by atoms with E-state index in [0.717, 1.165) is 49.4 Å². The summed E-state index contributed by atoms with van der Waals surface area (Å²) in [5.74, 6) is 0.650. The molecule has 0 unspecified atom stereocenters. The lowest BCUT2D eigenvalue weighted by Gasteiger charge is -2.15. The van der Waals surface area contributed by atoms with E-state index in [4.69, 9.17) is 11.6 Å². The maximum Gasteiger partial charge on any atom is 0.234 e. The van der Waals surface area contributed by atoms with Crippen molar-refractivity contribution in [1.29, 1.82) is 0 Å². The maximum atomic E-state index is 11.6. The maximum absolute atomic E-state index is 11.6. The first kappa shape index (κ1) is 15.7. The standard InChI is InChI=1S/C14H22ClN3OS/c1-18(9-13(19)16-11-5-6-11)7-3-2-4-14-17-12(8-15)10-20-14/h10-11H,2-9H2,1H3,(H,16,19). The normalized spacial score (nSPS) is 14.8. The molecule has 0 radical (unpaired) electrons. The third-order valence-corrected chi connectivity index (χ3v) is 4.50. The van der Waals surface area contributed by atoms with Crippen LogP contribution in [0.4, 0.5) is 0 Å². The minimum Gasteiger partial charge on any atom is -0.352 e. The third kappa shape index (κ3) is 5.77. The molecule has 112 valence electrons. The van der Waals surface area contributed by atoms with E-state index in [-0.39, 0.29) is 5.91 Å². The molecule has 1 amide bonds. The number of carbonyl (C=O) groups excluding carboxylic acids is 1. The van der Waals surface area contributed by atoms with Gasteiger partial charge in [0.15, 0.2) is 0 Å². The van der Waals surface area contributed by atoms with Gasteiger partial charge in [-0.2, -0.15) is 0 Å². The van der Waals surface area contributed by atoms with Crippen molar-refractivity contribution in [2.24, 2.45) is 0 Å². The number of hydrogen-bond acceptors (Lipinski definition) is 4. The number of hydrogen-bond donors (Lipinski definition) is 1. The quantitative estimate of drug-likeness (QED) is 0.562. The van der Waals surface area contributed by atoms with Crippen molar-refractivity contribution >= 4 is 28.8 Å². The highest BCUT2D eigenvalue weighted by Crippen LogP contribution is 2.18. The average molecular weight is 316 g/mol. The van der Waals surface area contributed by atoms with Crippen LogP contribution >= 0.6 is 22.9 Å². The predicted octanol–water partition coefficient (Wildman–Crippen LogP) is 2.42. The SMILES string of the molecule is CN(CCCCc1nc(CCl)cs1)CC(=O)NC1CC1. The van der Waals surface area contributed by atoms with Gasteiger partial charge in [0.2, 0.25) is 5.91 Å². The second kappa shape index (κ2) is 7.96. The summed E-state index contributed by atoms with van der Waals surface area (Å²) in [4.78, 5) is 18.1. The molecular formula is C14H22ClN3OS. The van der Waals surface area contributed by atoms with Crippen molar-refractivity contribution in [3.05, 3.63) is 16.1 Å². The highest BCUT2D eigenvalue weighted by molar-refractivity contribution is 7.09. The van der Waals surface area contributed by atoms with Crippen molar-refractivity contribution in [2.75, 3.05) is 20.1 Å². The van der Waals surface area contributed by atoms with E-state index in [1.807, 2.05) is 12.4 Å². The van der Waals surface area contributed by atoms with Gasteiger partial charge in [-0.3, -0.25) is 9.69 Å². The van der Waals surface area contributed by atoms with Crippen molar-refractivity contribution in [3.63, 3.8) is 0 Å². The summed E-state index contributed by atoms with van der Waals surface area (Å²) in [5.41, 5.74) is 0.973. The van der Waals surface area contributed by atoms with Crippen LogP contribution in [0, 0.1) is 0 Å². The predicted molar refractivity (Wildman–Crippen MR) is 83.3 cm³/mol. The number of aromatic nitrogens is 1. The molecule has 0 bridgehead atoms. The van der Waals surface area contributed by atoms with Crippen LogP contribution in [0.1, 0.15) is 36.4 Å². The highest BCUT2D eigenvalue weighted by atomic mass is 35.5. The van der Waals surface area contributed by atoms with Gasteiger partial charge in [-0.15, -0.1) is 22.9 Å². The minimum atomic E-state index is 0.154. The van der Waals surface area contributed by atoms with Gasteiger partial charge in [0, 0.05) is 11.4 Å². The third-order valence-electron chi connectivity index (χ3n) is 3.27. The molecule has 2 rings (SSSR count). The van der Waals surface area contributed by atoms with Crippen molar-refractivity contribution in [1.82, 2.24) is 15.2 Å². The van der Waals surface area contributed by atoms with Crippen LogP contribution in [0.3, 0.4) is 0 Å². The molecule has 6 heteroatoms. The molecule has 0 spiro atoms. The molecule has 1 N–H and O–H groups in total. The summed E-state index contributed by atoms with van der Waals surface area (Å²) in [7, 11) is 2.00. The summed E-state index contributed by atoms with van der Waals surface area (Å²) < 4.78 is 0. The first-order valence-corrected chi connectivity index (χ1v) is 8.56. The zero-order valence-corrected chi connectivity index (χ0v) is 13.5. The molecule has 1 aromatic heterocycles. The van der Waals surface area contributed by atoms with Crippen LogP contribution in [0.15, 0.2) is 5.38 Å². The Hall–Kier alpha value is -0.650. The highest BCUT2D eigenvalue weighted by Gasteiger charge is 2.23. The number of unbranched alkanes of at least 4 members (excludes halogenated alkanes) is 1. The molecule has 0 atom stereocenters. The van der Waals surface area contributed by atoms with Crippen LogP contribution in [0.25, 0.3) is 0 Å². The molecule has 0 saturated heterocycles. The van der Waals surface area contributed by atoms with Gasteiger partial charge in [-0.25, -0.2) is 4.98 Å². The Kier molecular flexibility index (Phi) is 6.26. The fourth-order valence-corrected chi connectivity index (χ4v) is 3.08. The lowest BCUT2D eigenvalue weighted by atomic mass is 10.2. The first-order valence-electron chi connectivity index (χ1n) is 7.14. The molecule has 20 heavy (non-hydrogen) atoms. The molecule has 0 aliphatic heterocycles. The van der Waals surface area contributed by atoms with E-state index in [0.29, 0.717) is 18.5 Å². The fraction of sp³-hybridized carbons (Fsp3) is 0.714. The number of nitrogens with zero attached hydrogens (tertiary/aromatic N) is 2. The van der Waals surface area contributed by atoms with Crippen LogP contribution in [0.5, 0.6) is 0 Å². The summed E-state index contributed by atoms with van der Waals surface area (Å²) in [5, 5.41) is 6.20. The average Bonchev–Trinajstić information content (AvgIpc) is 3.10. The van der Waals surface area contributed by atoms with Crippen molar-refractivity contribution < 1.29 is 4.79 Å². The number of thiazole rings is 1. The number of likely N-dealkylation sites (N-methyl/N-ethyl adjacent to an activating group) is 1. The van der Waals surface area contributed by atoms with Crippen LogP contribution in [-0.4, -0.2) is 42.0 Å². The van der Waals surface area contributed by atoms with Crippen LogP contribution < -0.4 is 5.32 Å². The largest absolute Gasteiger partial charge is 0.352 e. The van der Waals surface area contributed by atoms with Gasteiger partial charge >= 0.3 is 0 Å². The Morgan fingerprint density at radius 1 is 1.55 bits per heavy atom. The van der Waals surface area contributed by atoms with Gasteiger partial charge in [-0.1, -0.05) is 0 Å². The monoisotopic (exact) mass is 315 g/mol. The van der Waals surface area contributed by atoms with Gasteiger partial charge in [0.25, 0.3) is 0 Å². The van der Waals surface area contributed by atoms with E-state index in [1.54, 1.807) is 11.3 Å². The Bertz CT molecular complexity index is 434. The topological polar surface area (TPSA) is 45.2 Å². The molecule has 1 aromatic rings. The first-order chi connectivity index (χ1) is 9.67. The lowest BCUT2D eigenvalue weighted by molar-refractivity contribution is -0.122. The molecule has 0 aromatic carbocycles.